The molecule has 0 bridgehead atoms. The molecule has 0 saturated carbocycles. The minimum Gasteiger partial charge on any atom is -0.497 e. The van der Waals surface area contributed by atoms with Crippen LogP contribution in [0.25, 0.3) is 0 Å². The maximum Gasteiger partial charge on any atom is 0.227 e. The summed E-state index contributed by atoms with van der Waals surface area (Å²) in [7, 11) is 1.63. The lowest BCUT2D eigenvalue weighted by molar-refractivity contribution is -0.140. The van der Waals surface area contributed by atoms with E-state index < -0.39 is 0 Å². The number of hydrogen-bond donors (Lipinski definition) is 1. The topological polar surface area (TPSA) is 89.3 Å². The molecule has 3 heterocycles. The number of aryl methyl sites for hydroxylation is 1. The Labute approximate surface area is 170 Å². The number of nitrogens with one attached hydrogen (secondary N) is 1. The lowest BCUT2D eigenvalue weighted by Crippen LogP contribution is -2.46. The summed E-state index contributed by atoms with van der Waals surface area (Å²) in [6.07, 6.45) is 4.58. The Kier molecular flexibility index (Phi) is 5.78. The number of fused-ring (bicyclic) bond motifs is 1. The molecule has 0 spiro atoms. The average molecular weight is 397 g/mol. The van der Waals surface area contributed by atoms with Gasteiger partial charge in [-0.1, -0.05) is 12.1 Å². The number of carbonyl (C=O) groups excluding carboxylic acids is 2. The molecule has 8 heteroatoms. The third-order valence-electron chi connectivity index (χ3n) is 5.96. The van der Waals surface area contributed by atoms with Gasteiger partial charge in [-0.2, -0.15) is 5.10 Å². The van der Waals surface area contributed by atoms with Crippen molar-refractivity contribution in [1.82, 2.24) is 25.0 Å². The Morgan fingerprint density at radius 1 is 1.14 bits per heavy atom. The fourth-order valence-corrected chi connectivity index (χ4v) is 4.14. The summed E-state index contributed by atoms with van der Waals surface area (Å²) in [6.45, 7) is 2.39. The van der Waals surface area contributed by atoms with E-state index in [-0.39, 0.29) is 23.7 Å². The molecule has 0 radical (unpaired) electrons. The number of piperidine rings is 1. The van der Waals surface area contributed by atoms with Crippen LogP contribution in [0.3, 0.4) is 0 Å². The van der Waals surface area contributed by atoms with E-state index in [0.717, 1.165) is 30.0 Å². The van der Waals surface area contributed by atoms with Gasteiger partial charge in [0, 0.05) is 32.0 Å². The quantitative estimate of drug-likeness (QED) is 0.824. The first kappa shape index (κ1) is 19.4. The summed E-state index contributed by atoms with van der Waals surface area (Å²) >= 11 is 0. The van der Waals surface area contributed by atoms with Crippen molar-refractivity contribution in [3.05, 3.63) is 42.0 Å². The van der Waals surface area contributed by atoms with Gasteiger partial charge in [-0.25, -0.2) is 9.67 Å². The van der Waals surface area contributed by atoms with Gasteiger partial charge >= 0.3 is 0 Å². The summed E-state index contributed by atoms with van der Waals surface area (Å²) in [5, 5.41) is 7.22. The van der Waals surface area contributed by atoms with Crippen LogP contribution in [0.5, 0.6) is 5.75 Å². The van der Waals surface area contributed by atoms with Gasteiger partial charge in [0.25, 0.3) is 0 Å². The van der Waals surface area contributed by atoms with Crippen LogP contribution in [-0.2, 0) is 29.1 Å². The molecule has 8 nitrogen and oxygen atoms in total. The Morgan fingerprint density at radius 2 is 1.90 bits per heavy atom. The Balaban J connectivity index is 1.23. The number of benzene rings is 1. The monoisotopic (exact) mass is 397 g/mol. The first-order chi connectivity index (χ1) is 14.1. The maximum absolute atomic E-state index is 12.9. The second-order valence-electron chi connectivity index (χ2n) is 7.76. The lowest BCUT2D eigenvalue weighted by atomic mass is 9.93. The number of hydrogen-bond acceptors (Lipinski definition) is 5. The summed E-state index contributed by atoms with van der Waals surface area (Å²) in [5.41, 5.74) is 1.04. The van der Waals surface area contributed by atoms with Crippen molar-refractivity contribution in [3.8, 4) is 5.75 Å². The van der Waals surface area contributed by atoms with Crippen LogP contribution >= 0.6 is 0 Å². The van der Waals surface area contributed by atoms with Crippen LogP contribution in [0.1, 0.15) is 30.7 Å². The van der Waals surface area contributed by atoms with E-state index in [1.165, 1.54) is 0 Å². The van der Waals surface area contributed by atoms with Crippen molar-refractivity contribution in [1.29, 1.82) is 0 Å². The molecule has 1 saturated heterocycles. The SMILES string of the molecule is COc1ccc(CNC(=O)C2CCN(C(=O)C3CCc4ncnn4C3)CC2)cc1. The maximum atomic E-state index is 12.9. The number of rotatable bonds is 5. The Bertz CT molecular complexity index is 855. The molecule has 1 atom stereocenters. The van der Waals surface area contributed by atoms with Gasteiger partial charge in [-0.15, -0.1) is 0 Å². The van der Waals surface area contributed by atoms with Crippen LogP contribution in [0.2, 0.25) is 0 Å². The highest BCUT2D eigenvalue weighted by Gasteiger charge is 2.33. The van der Waals surface area contributed by atoms with Gasteiger partial charge in [-0.3, -0.25) is 9.59 Å². The molecular weight excluding hydrogens is 370 g/mol. The predicted octanol–water partition coefficient (Wildman–Crippen LogP) is 1.40. The zero-order chi connectivity index (χ0) is 20.2. The van der Waals surface area contributed by atoms with E-state index in [9.17, 15) is 9.59 Å². The molecular formula is C21H27N5O3. The molecule has 2 amide bonds. The average Bonchev–Trinajstić information content (AvgIpc) is 3.25. The third-order valence-corrected chi connectivity index (χ3v) is 5.96. The van der Waals surface area contributed by atoms with Crippen LogP contribution in [-0.4, -0.2) is 51.7 Å². The number of nitrogens with zero attached hydrogens (tertiary/aromatic N) is 4. The molecule has 2 aliphatic heterocycles. The van der Waals surface area contributed by atoms with Crippen molar-refractivity contribution in [3.63, 3.8) is 0 Å². The van der Waals surface area contributed by atoms with Crippen LogP contribution in [0.15, 0.2) is 30.6 Å². The van der Waals surface area contributed by atoms with Crippen LogP contribution in [0, 0.1) is 11.8 Å². The van der Waals surface area contributed by atoms with E-state index in [1.54, 1.807) is 13.4 Å². The van der Waals surface area contributed by atoms with E-state index in [2.05, 4.69) is 15.4 Å². The molecule has 29 heavy (non-hydrogen) atoms. The first-order valence-corrected chi connectivity index (χ1v) is 10.2. The second kappa shape index (κ2) is 8.63. The largest absolute Gasteiger partial charge is 0.497 e. The molecule has 2 aromatic rings. The van der Waals surface area contributed by atoms with Crippen LogP contribution in [0.4, 0.5) is 0 Å². The van der Waals surface area contributed by atoms with Gasteiger partial charge in [0.05, 0.1) is 19.6 Å². The number of amides is 2. The number of methoxy groups -OCH3 is 1. The third kappa shape index (κ3) is 4.41. The first-order valence-electron chi connectivity index (χ1n) is 10.2. The number of aromatic nitrogens is 3. The van der Waals surface area contributed by atoms with Crippen molar-refractivity contribution in [2.45, 2.75) is 38.8 Å². The number of likely N-dealkylation sites (tertiary alicyclic amines) is 1. The predicted molar refractivity (Wildman–Crippen MR) is 106 cm³/mol. The molecule has 154 valence electrons. The number of carbonyl (C=O) groups is 2. The summed E-state index contributed by atoms with van der Waals surface area (Å²) in [5.74, 6) is 1.94. The van der Waals surface area contributed by atoms with Crippen molar-refractivity contribution in [2.75, 3.05) is 20.2 Å². The zero-order valence-electron chi connectivity index (χ0n) is 16.7. The molecule has 1 fully saturated rings. The standard InChI is InChI=1S/C21H27N5O3/c1-29-18-5-2-15(3-6-18)12-22-20(27)16-8-10-25(11-9-16)21(28)17-4-7-19-23-14-24-26(19)13-17/h2-3,5-6,14,16-17H,4,7-13H2,1H3,(H,22,27). The normalized spacial score (nSPS) is 19.5. The molecule has 4 rings (SSSR count). The zero-order valence-corrected chi connectivity index (χ0v) is 16.7. The van der Waals surface area contributed by atoms with Gasteiger partial charge in [-0.05, 0) is 37.0 Å². The molecule has 1 aromatic carbocycles. The summed E-state index contributed by atoms with van der Waals surface area (Å²) in [6, 6.07) is 7.68. The smallest absolute Gasteiger partial charge is 0.227 e. The molecule has 2 aliphatic rings. The fourth-order valence-electron chi connectivity index (χ4n) is 4.14. The van der Waals surface area contributed by atoms with Crippen LogP contribution < -0.4 is 10.1 Å². The van der Waals surface area contributed by atoms with E-state index in [4.69, 9.17) is 4.74 Å². The molecule has 0 aliphatic carbocycles. The minimum absolute atomic E-state index is 0.0365. The van der Waals surface area contributed by atoms with Crippen molar-refractivity contribution in [2.24, 2.45) is 11.8 Å². The number of ether oxygens (including phenoxy) is 1. The molecule has 1 unspecified atom stereocenters. The van der Waals surface area contributed by atoms with E-state index in [0.29, 0.717) is 39.0 Å². The fraction of sp³-hybridized carbons (Fsp3) is 0.524. The van der Waals surface area contributed by atoms with Gasteiger partial charge in [0.15, 0.2) is 0 Å². The van der Waals surface area contributed by atoms with E-state index >= 15 is 0 Å². The van der Waals surface area contributed by atoms with Crippen molar-refractivity contribution < 1.29 is 14.3 Å². The second-order valence-corrected chi connectivity index (χ2v) is 7.76. The molecule has 1 N–H and O–H groups in total. The molecule has 1 aromatic heterocycles. The highest BCUT2D eigenvalue weighted by Crippen LogP contribution is 2.24. The van der Waals surface area contributed by atoms with Gasteiger partial charge in [0.2, 0.25) is 11.8 Å². The summed E-state index contributed by atoms with van der Waals surface area (Å²) < 4.78 is 6.99. The van der Waals surface area contributed by atoms with Gasteiger partial charge < -0.3 is 15.0 Å². The lowest BCUT2D eigenvalue weighted by Gasteiger charge is -2.34. The summed E-state index contributed by atoms with van der Waals surface area (Å²) in [4.78, 5) is 31.5. The highest BCUT2D eigenvalue weighted by molar-refractivity contribution is 5.81. The Morgan fingerprint density at radius 3 is 2.62 bits per heavy atom. The van der Waals surface area contributed by atoms with Gasteiger partial charge in [0.1, 0.15) is 17.9 Å². The minimum atomic E-state index is -0.0374. The van der Waals surface area contributed by atoms with Crippen molar-refractivity contribution >= 4 is 11.8 Å². The van der Waals surface area contributed by atoms with E-state index in [1.807, 2.05) is 33.8 Å². The Hall–Kier alpha value is -2.90. The highest BCUT2D eigenvalue weighted by atomic mass is 16.5.